The minimum atomic E-state index is -3.39. The number of hydrogen-bond acceptors (Lipinski definition) is 5. The van der Waals surface area contributed by atoms with Gasteiger partial charge in [0.1, 0.15) is 6.29 Å². The van der Waals surface area contributed by atoms with Crippen molar-refractivity contribution in [1.29, 1.82) is 0 Å². The van der Waals surface area contributed by atoms with E-state index in [9.17, 15) is 9.36 Å². The molecule has 0 saturated heterocycles. The van der Waals surface area contributed by atoms with Gasteiger partial charge in [0.15, 0.2) is 0 Å². The molecule has 7 heteroatoms. The Balaban J connectivity index is 2.26. The smallest absolute Gasteiger partial charge is 0.305 e. The average Bonchev–Trinajstić information content (AvgIpc) is 2.92. The summed E-state index contributed by atoms with van der Waals surface area (Å²) in [7, 11) is -3.39. The Morgan fingerprint density at radius 2 is 1.83 bits per heavy atom. The van der Waals surface area contributed by atoms with E-state index in [1.807, 2.05) is 23.6 Å². The maximum absolute atomic E-state index is 12.9. The molecule has 2 rings (SSSR count). The van der Waals surface area contributed by atoms with Crippen molar-refractivity contribution < 1.29 is 13.6 Å². The average molecular weight is 355 g/mol. The van der Waals surface area contributed by atoms with Crippen LogP contribution in [0.25, 0.3) is 10.4 Å². The topological polar surface area (TPSA) is 57.5 Å². The van der Waals surface area contributed by atoms with Crippen LogP contribution in [0.2, 0.25) is 0 Å². The summed E-state index contributed by atoms with van der Waals surface area (Å²) in [6.45, 7) is 7.16. The molecule has 0 bridgehead atoms. The van der Waals surface area contributed by atoms with Crippen LogP contribution in [-0.4, -0.2) is 16.8 Å². The maximum atomic E-state index is 12.9. The first kappa shape index (κ1) is 18.1. The van der Waals surface area contributed by atoms with Crippen LogP contribution in [-0.2, 0) is 19.9 Å². The fourth-order valence-electron chi connectivity index (χ4n) is 2.14. The summed E-state index contributed by atoms with van der Waals surface area (Å²) in [4.78, 5) is 13.3. The molecule has 0 aromatic carbocycles. The molecule has 2 aromatic rings. The first-order valence-electron chi connectivity index (χ1n) is 7.49. The highest BCUT2D eigenvalue weighted by Crippen LogP contribution is 2.51. The fourth-order valence-corrected chi connectivity index (χ4v) is 4.94. The first-order chi connectivity index (χ1) is 10.8. The van der Waals surface area contributed by atoms with Crippen molar-refractivity contribution >= 4 is 18.9 Å². The lowest BCUT2D eigenvalue weighted by molar-refractivity contribution is 0.138. The van der Waals surface area contributed by atoms with Gasteiger partial charge >= 0.3 is 7.60 Å². The Morgan fingerprint density at radius 1 is 1.17 bits per heavy atom. The van der Waals surface area contributed by atoms with Crippen LogP contribution >= 0.6 is 18.9 Å². The van der Waals surface area contributed by atoms with Crippen LogP contribution in [0.1, 0.15) is 27.7 Å². The van der Waals surface area contributed by atoms with Crippen LogP contribution < -0.4 is 5.56 Å². The first-order valence-corrected chi connectivity index (χ1v) is 10.1. The second-order valence-electron chi connectivity index (χ2n) is 5.76. The molecule has 0 atom stereocenters. The third-order valence-corrected chi connectivity index (χ3v) is 5.93. The van der Waals surface area contributed by atoms with Gasteiger partial charge < -0.3 is 13.6 Å². The Hall–Kier alpha value is -1.20. The standard InChI is InChI=1S/C16H22NO4PS/c1-12(2)20-22(19,21-13(3)4)11-17-8-7-14(10-16(17)18)15-6-5-9-23-15/h5-10,12-13H,11H2,1-4H3. The quantitative estimate of drug-likeness (QED) is 0.682. The second-order valence-corrected chi connectivity index (χ2v) is 8.64. The molecule has 126 valence electrons. The molecule has 0 radical (unpaired) electrons. The molecular formula is C16H22NO4PS. The summed E-state index contributed by atoms with van der Waals surface area (Å²) in [6, 6.07) is 7.27. The van der Waals surface area contributed by atoms with E-state index >= 15 is 0 Å². The minimum absolute atomic E-state index is 0.0904. The van der Waals surface area contributed by atoms with Crippen LogP contribution in [0.4, 0.5) is 0 Å². The SMILES string of the molecule is CC(C)OP(=O)(Cn1ccc(-c2cccs2)cc1=O)OC(C)C. The van der Waals surface area contributed by atoms with Crippen LogP contribution in [0.5, 0.6) is 0 Å². The molecule has 0 aliphatic rings. The molecule has 0 N–H and O–H groups in total. The van der Waals surface area contributed by atoms with E-state index in [1.165, 1.54) is 4.57 Å². The van der Waals surface area contributed by atoms with E-state index < -0.39 is 7.60 Å². The highest BCUT2D eigenvalue weighted by Gasteiger charge is 2.28. The van der Waals surface area contributed by atoms with Gasteiger partial charge in [-0.25, -0.2) is 0 Å². The highest BCUT2D eigenvalue weighted by atomic mass is 32.1. The Kier molecular flexibility index (Phi) is 5.98. The molecule has 0 saturated carbocycles. The van der Waals surface area contributed by atoms with Crippen molar-refractivity contribution in [2.24, 2.45) is 0 Å². The van der Waals surface area contributed by atoms with E-state index in [0.29, 0.717) is 0 Å². The van der Waals surface area contributed by atoms with Gasteiger partial charge in [0, 0.05) is 17.1 Å². The Labute approximate surface area is 140 Å². The number of hydrogen-bond donors (Lipinski definition) is 0. The molecular weight excluding hydrogens is 333 g/mol. The zero-order chi connectivity index (χ0) is 17.0. The largest absolute Gasteiger partial charge is 0.350 e. The maximum Gasteiger partial charge on any atom is 0.350 e. The van der Waals surface area contributed by atoms with Crippen LogP contribution in [0.15, 0.2) is 40.6 Å². The predicted octanol–water partition coefficient (Wildman–Crippen LogP) is 4.58. The van der Waals surface area contributed by atoms with Crippen molar-refractivity contribution in [3.05, 3.63) is 46.2 Å². The summed E-state index contributed by atoms with van der Waals surface area (Å²) in [5, 5.41) is 1.96. The summed E-state index contributed by atoms with van der Waals surface area (Å²) in [5.41, 5.74) is 0.626. The number of thiophene rings is 1. The molecule has 0 amide bonds. The lowest BCUT2D eigenvalue weighted by atomic mass is 10.2. The van der Waals surface area contributed by atoms with Crippen molar-refractivity contribution in [1.82, 2.24) is 4.57 Å². The van der Waals surface area contributed by atoms with Gasteiger partial charge in [0.25, 0.3) is 5.56 Å². The molecule has 0 aliphatic heterocycles. The van der Waals surface area contributed by atoms with E-state index in [-0.39, 0.29) is 24.1 Å². The molecule has 0 fully saturated rings. The van der Waals surface area contributed by atoms with Crippen molar-refractivity contribution in [2.45, 2.75) is 46.2 Å². The molecule has 0 unspecified atom stereocenters. The molecule has 0 spiro atoms. The zero-order valence-corrected chi connectivity index (χ0v) is 15.5. The zero-order valence-electron chi connectivity index (χ0n) is 13.8. The number of nitrogens with zero attached hydrogens (tertiary/aromatic N) is 1. The Bertz CT molecular complexity index is 723. The predicted molar refractivity (Wildman–Crippen MR) is 94.1 cm³/mol. The van der Waals surface area contributed by atoms with Crippen LogP contribution in [0, 0.1) is 0 Å². The lowest BCUT2D eigenvalue weighted by Gasteiger charge is -2.23. The highest BCUT2D eigenvalue weighted by molar-refractivity contribution is 7.52. The monoisotopic (exact) mass is 355 g/mol. The lowest BCUT2D eigenvalue weighted by Crippen LogP contribution is -2.21. The summed E-state index contributed by atoms with van der Waals surface area (Å²) < 4.78 is 25.2. The third kappa shape index (κ3) is 5.15. The molecule has 5 nitrogen and oxygen atoms in total. The number of aromatic nitrogens is 1. The third-order valence-electron chi connectivity index (χ3n) is 2.87. The van der Waals surface area contributed by atoms with Gasteiger partial charge in [-0.2, -0.15) is 0 Å². The van der Waals surface area contributed by atoms with Gasteiger partial charge in [-0.15, -0.1) is 11.3 Å². The van der Waals surface area contributed by atoms with E-state index in [1.54, 1.807) is 51.3 Å². The fraction of sp³-hybridized carbons (Fsp3) is 0.438. The van der Waals surface area contributed by atoms with E-state index in [0.717, 1.165) is 10.4 Å². The molecule has 0 aliphatic carbocycles. The number of rotatable bonds is 7. The van der Waals surface area contributed by atoms with Gasteiger partial charge in [-0.1, -0.05) is 6.07 Å². The van der Waals surface area contributed by atoms with Crippen LogP contribution in [0.3, 0.4) is 0 Å². The van der Waals surface area contributed by atoms with E-state index in [4.69, 9.17) is 9.05 Å². The molecule has 23 heavy (non-hydrogen) atoms. The van der Waals surface area contributed by atoms with Gasteiger partial charge in [-0.05, 0) is 50.8 Å². The van der Waals surface area contributed by atoms with Gasteiger partial charge in [0.2, 0.25) is 0 Å². The summed E-state index contributed by atoms with van der Waals surface area (Å²) in [5.74, 6) is 0. The second kappa shape index (κ2) is 7.58. The van der Waals surface area contributed by atoms with Gasteiger partial charge in [0.05, 0.1) is 12.2 Å². The van der Waals surface area contributed by atoms with E-state index in [2.05, 4.69) is 0 Å². The summed E-state index contributed by atoms with van der Waals surface area (Å²) >= 11 is 1.57. The normalized spacial score (nSPS) is 12.3. The van der Waals surface area contributed by atoms with Crippen molar-refractivity contribution in [2.75, 3.05) is 0 Å². The summed E-state index contributed by atoms with van der Waals surface area (Å²) in [6.07, 6.45) is 1.05. The molecule has 2 heterocycles. The van der Waals surface area contributed by atoms with Crippen molar-refractivity contribution in [3.63, 3.8) is 0 Å². The molecule has 2 aromatic heterocycles. The minimum Gasteiger partial charge on any atom is -0.305 e. The van der Waals surface area contributed by atoms with Crippen molar-refractivity contribution in [3.8, 4) is 10.4 Å². The Morgan fingerprint density at radius 3 is 2.30 bits per heavy atom. The number of pyridine rings is 1. The van der Waals surface area contributed by atoms with Gasteiger partial charge in [-0.3, -0.25) is 9.36 Å².